The van der Waals surface area contributed by atoms with E-state index in [0.717, 1.165) is 0 Å². The van der Waals surface area contributed by atoms with Gasteiger partial charge < -0.3 is 20.3 Å². The van der Waals surface area contributed by atoms with Crippen LogP contribution in [-0.2, 0) is 9.59 Å². The van der Waals surface area contributed by atoms with E-state index >= 15 is 0 Å². The topological polar surface area (TPSA) is 95.9 Å². The Hall–Kier alpha value is -2.24. The number of carbonyl (C=O) groups is 2. The van der Waals surface area contributed by atoms with Gasteiger partial charge in [-0.2, -0.15) is 0 Å². The quantitative estimate of drug-likeness (QED) is 0.695. The van der Waals surface area contributed by atoms with E-state index in [1.54, 1.807) is 19.1 Å². The lowest BCUT2D eigenvalue weighted by Gasteiger charge is -2.13. The molecule has 0 aliphatic carbocycles. The van der Waals surface area contributed by atoms with Crippen molar-refractivity contribution < 1.29 is 24.5 Å². The SMILES string of the molecule is CC[C@@H](NC(=O)COc1ccccc1O)C(=O)O. The van der Waals surface area contributed by atoms with E-state index in [1.807, 2.05) is 0 Å². The molecule has 1 aromatic rings. The Balaban J connectivity index is 2.47. The monoisotopic (exact) mass is 253 g/mol. The maximum Gasteiger partial charge on any atom is 0.326 e. The number of hydrogen-bond donors (Lipinski definition) is 3. The van der Waals surface area contributed by atoms with Crippen LogP contribution in [0.2, 0.25) is 0 Å². The van der Waals surface area contributed by atoms with Crippen LogP contribution in [0, 0.1) is 0 Å². The highest BCUT2D eigenvalue weighted by Gasteiger charge is 2.17. The first kappa shape index (κ1) is 13.8. The number of aromatic hydroxyl groups is 1. The fourth-order valence-electron chi connectivity index (χ4n) is 1.30. The number of para-hydroxylation sites is 2. The van der Waals surface area contributed by atoms with Crippen molar-refractivity contribution in [3.63, 3.8) is 0 Å². The van der Waals surface area contributed by atoms with E-state index in [2.05, 4.69) is 5.32 Å². The fraction of sp³-hybridized carbons (Fsp3) is 0.333. The van der Waals surface area contributed by atoms with Gasteiger partial charge >= 0.3 is 5.97 Å². The van der Waals surface area contributed by atoms with Crippen LogP contribution >= 0.6 is 0 Å². The van der Waals surface area contributed by atoms with Crippen LogP contribution in [0.25, 0.3) is 0 Å². The molecule has 18 heavy (non-hydrogen) atoms. The third-order valence-electron chi connectivity index (χ3n) is 2.27. The number of phenolic OH excluding ortho intramolecular Hbond substituents is 1. The summed E-state index contributed by atoms with van der Waals surface area (Å²) < 4.78 is 5.07. The van der Waals surface area contributed by atoms with E-state index in [9.17, 15) is 14.7 Å². The molecule has 0 saturated carbocycles. The molecular formula is C12H15NO5. The van der Waals surface area contributed by atoms with Gasteiger partial charge in [0.15, 0.2) is 18.1 Å². The molecule has 1 atom stereocenters. The van der Waals surface area contributed by atoms with Crippen LogP contribution in [0.1, 0.15) is 13.3 Å². The number of aliphatic carboxylic acids is 1. The Morgan fingerprint density at radius 1 is 1.39 bits per heavy atom. The molecule has 6 nitrogen and oxygen atoms in total. The summed E-state index contributed by atoms with van der Waals surface area (Å²) in [6, 6.07) is 5.29. The molecule has 3 N–H and O–H groups in total. The molecular weight excluding hydrogens is 238 g/mol. The normalized spacial score (nSPS) is 11.6. The van der Waals surface area contributed by atoms with Gasteiger partial charge in [0.25, 0.3) is 5.91 Å². The van der Waals surface area contributed by atoms with Gasteiger partial charge in [-0.15, -0.1) is 0 Å². The number of ether oxygens (including phenoxy) is 1. The maximum atomic E-state index is 11.4. The van der Waals surface area contributed by atoms with Gasteiger partial charge in [-0.3, -0.25) is 4.79 Å². The smallest absolute Gasteiger partial charge is 0.326 e. The van der Waals surface area contributed by atoms with Gasteiger partial charge in [-0.25, -0.2) is 4.79 Å². The second kappa shape index (κ2) is 6.48. The van der Waals surface area contributed by atoms with Gasteiger partial charge in [0.05, 0.1) is 0 Å². The summed E-state index contributed by atoms with van der Waals surface area (Å²) in [5.41, 5.74) is 0. The molecule has 1 amide bonds. The summed E-state index contributed by atoms with van der Waals surface area (Å²) in [6.45, 7) is 1.31. The summed E-state index contributed by atoms with van der Waals surface area (Å²) >= 11 is 0. The summed E-state index contributed by atoms with van der Waals surface area (Å²) in [6.07, 6.45) is 0.289. The Morgan fingerprint density at radius 3 is 2.61 bits per heavy atom. The maximum absolute atomic E-state index is 11.4. The van der Waals surface area contributed by atoms with Gasteiger partial charge in [0.1, 0.15) is 6.04 Å². The molecule has 6 heteroatoms. The van der Waals surface area contributed by atoms with Crippen molar-refractivity contribution in [1.29, 1.82) is 0 Å². The standard InChI is InChI=1S/C12H15NO5/c1-2-8(12(16)17)13-11(15)7-18-10-6-4-3-5-9(10)14/h3-6,8,14H,2,7H2,1H3,(H,13,15)(H,16,17)/t8-/m1/s1. The Morgan fingerprint density at radius 2 is 2.06 bits per heavy atom. The number of carbonyl (C=O) groups excluding carboxylic acids is 1. The molecule has 0 aliphatic heterocycles. The van der Waals surface area contributed by atoms with Crippen LogP contribution in [0.3, 0.4) is 0 Å². The summed E-state index contributed by atoms with van der Waals surface area (Å²) in [5, 5.41) is 20.5. The van der Waals surface area contributed by atoms with Crippen molar-refractivity contribution in [2.45, 2.75) is 19.4 Å². The molecule has 0 aliphatic rings. The lowest BCUT2D eigenvalue weighted by Crippen LogP contribution is -2.42. The zero-order valence-corrected chi connectivity index (χ0v) is 9.92. The minimum Gasteiger partial charge on any atom is -0.504 e. The Bertz CT molecular complexity index is 432. The number of hydrogen-bond acceptors (Lipinski definition) is 4. The second-order valence-corrected chi connectivity index (χ2v) is 3.62. The van der Waals surface area contributed by atoms with Crippen molar-refractivity contribution in [2.75, 3.05) is 6.61 Å². The lowest BCUT2D eigenvalue weighted by atomic mass is 10.2. The molecule has 0 unspecified atom stereocenters. The molecule has 0 heterocycles. The highest BCUT2D eigenvalue weighted by atomic mass is 16.5. The van der Waals surface area contributed by atoms with Crippen LogP contribution in [0.5, 0.6) is 11.5 Å². The Labute approximate surface area is 104 Å². The third kappa shape index (κ3) is 3.97. The number of nitrogens with one attached hydrogen (secondary N) is 1. The van der Waals surface area contributed by atoms with Gasteiger partial charge in [-0.05, 0) is 18.6 Å². The van der Waals surface area contributed by atoms with Crippen molar-refractivity contribution in [2.24, 2.45) is 0 Å². The third-order valence-corrected chi connectivity index (χ3v) is 2.27. The van der Waals surface area contributed by atoms with Crippen LogP contribution in [0.4, 0.5) is 0 Å². The van der Waals surface area contributed by atoms with Crippen molar-refractivity contribution in [1.82, 2.24) is 5.32 Å². The van der Waals surface area contributed by atoms with Gasteiger partial charge in [0, 0.05) is 0 Å². The zero-order valence-electron chi connectivity index (χ0n) is 9.92. The van der Waals surface area contributed by atoms with Crippen molar-refractivity contribution >= 4 is 11.9 Å². The lowest BCUT2D eigenvalue weighted by molar-refractivity contribution is -0.142. The second-order valence-electron chi connectivity index (χ2n) is 3.62. The molecule has 98 valence electrons. The summed E-state index contributed by atoms with van der Waals surface area (Å²) in [5.74, 6) is -1.53. The summed E-state index contributed by atoms with van der Waals surface area (Å²) in [4.78, 5) is 22.1. The van der Waals surface area contributed by atoms with Crippen molar-refractivity contribution in [3.8, 4) is 11.5 Å². The van der Waals surface area contributed by atoms with Gasteiger partial charge in [0.2, 0.25) is 0 Å². The molecule has 0 saturated heterocycles. The fourth-order valence-corrected chi connectivity index (χ4v) is 1.30. The molecule has 0 bridgehead atoms. The molecule has 0 radical (unpaired) electrons. The number of benzene rings is 1. The number of carboxylic acid groups (broad SMARTS) is 1. The van der Waals surface area contributed by atoms with E-state index in [4.69, 9.17) is 9.84 Å². The van der Waals surface area contributed by atoms with E-state index < -0.39 is 17.9 Å². The highest BCUT2D eigenvalue weighted by molar-refractivity contribution is 5.84. The van der Waals surface area contributed by atoms with Crippen LogP contribution in [0.15, 0.2) is 24.3 Å². The predicted molar refractivity (Wildman–Crippen MR) is 63.5 cm³/mol. The molecule has 0 fully saturated rings. The van der Waals surface area contributed by atoms with Crippen LogP contribution < -0.4 is 10.1 Å². The largest absolute Gasteiger partial charge is 0.504 e. The highest BCUT2D eigenvalue weighted by Crippen LogP contribution is 2.23. The first-order valence-electron chi connectivity index (χ1n) is 5.47. The van der Waals surface area contributed by atoms with Crippen LogP contribution in [-0.4, -0.2) is 34.7 Å². The van der Waals surface area contributed by atoms with Gasteiger partial charge in [-0.1, -0.05) is 19.1 Å². The predicted octanol–water partition coefficient (Wildman–Crippen LogP) is 0.750. The van der Waals surface area contributed by atoms with E-state index in [0.29, 0.717) is 0 Å². The minimum absolute atomic E-state index is 0.0735. The first-order valence-corrected chi connectivity index (χ1v) is 5.47. The van der Waals surface area contributed by atoms with Crippen molar-refractivity contribution in [3.05, 3.63) is 24.3 Å². The molecule has 0 aromatic heterocycles. The van der Waals surface area contributed by atoms with E-state index in [-0.39, 0.29) is 24.5 Å². The number of amides is 1. The molecule has 0 spiro atoms. The number of carboxylic acids is 1. The zero-order chi connectivity index (χ0) is 13.5. The summed E-state index contributed by atoms with van der Waals surface area (Å²) in [7, 11) is 0. The molecule has 1 rings (SSSR count). The first-order chi connectivity index (χ1) is 8.54. The Kier molecular flexibility index (Phi) is 4.98. The van der Waals surface area contributed by atoms with E-state index in [1.165, 1.54) is 12.1 Å². The average molecular weight is 253 g/mol. The molecule has 1 aromatic carbocycles. The number of rotatable bonds is 6. The average Bonchev–Trinajstić information content (AvgIpc) is 2.34. The minimum atomic E-state index is -1.09. The number of phenols is 1.